The second-order valence-electron chi connectivity index (χ2n) is 5.07. The lowest BCUT2D eigenvalue weighted by Gasteiger charge is -2.44. The highest BCUT2D eigenvalue weighted by atomic mass is 16.5. The first-order valence-corrected chi connectivity index (χ1v) is 5.23. The van der Waals surface area contributed by atoms with Gasteiger partial charge in [-0.05, 0) is 31.3 Å². The van der Waals surface area contributed by atoms with E-state index in [1.807, 2.05) is 0 Å². The maximum atomic E-state index is 11.9. The molecule has 0 aromatic rings. The fourth-order valence-corrected chi connectivity index (χ4v) is 2.31. The predicted molar refractivity (Wildman–Crippen MR) is 56.0 cm³/mol. The predicted octanol–water partition coefficient (Wildman–Crippen LogP) is 1.58. The van der Waals surface area contributed by atoms with Gasteiger partial charge in [-0.1, -0.05) is 20.8 Å². The summed E-state index contributed by atoms with van der Waals surface area (Å²) in [6, 6.07) is 0. The van der Waals surface area contributed by atoms with Crippen LogP contribution in [0.2, 0.25) is 0 Å². The van der Waals surface area contributed by atoms with Crippen LogP contribution in [-0.4, -0.2) is 26.2 Å². The number of methoxy groups -OCH3 is 1. The molecular formula is C11H21NO2. The highest BCUT2D eigenvalue weighted by Crippen LogP contribution is 2.46. The first-order valence-electron chi connectivity index (χ1n) is 5.23. The van der Waals surface area contributed by atoms with Crippen LogP contribution in [0.15, 0.2) is 0 Å². The molecule has 0 radical (unpaired) electrons. The Morgan fingerprint density at radius 2 is 1.79 bits per heavy atom. The van der Waals surface area contributed by atoms with Gasteiger partial charge in [0, 0.05) is 0 Å². The van der Waals surface area contributed by atoms with Gasteiger partial charge in [-0.25, -0.2) is 0 Å². The van der Waals surface area contributed by atoms with Crippen molar-refractivity contribution in [1.29, 1.82) is 0 Å². The van der Waals surface area contributed by atoms with Gasteiger partial charge in [0.05, 0.1) is 12.5 Å². The summed E-state index contributed by atoms with van der Waals surface area (Å²) < 4.78 is 4.95. The number of carbonyl (C=O) groups excluding carboxylic acids is 1. The van der Waals surface area contributed by atoms with Gasteiger partial charge in [0.15, 0.2) is 0 Å². The molecule has 1 N–H and O–H groups in total. The summed E-state index contributed by atoms with van der Waals surface area (Å²) in [5, 5.41) is 3.28. The molecule has 3 heteroatoms. The fraction of sp³-hybridized carbons (Fsp3) is 0.909. The van der Waals surface area contributed by atoms with Gasteiger partial charge >= 0.3 is 5.97 Å². The molecule has 1 fully saturated rings. The van der Waals surface area contributed by atoms with Gasteiger partial charge in [0.1, 0.15) is 0 Å². The summed E-state index contributed by atoms with van der Waals surface area (Å²) >= 11 is 0. The van der Waals surface area contributed by atoms with E-state index >= 15 is 0 Å². The number of carbonyl (C=O) groups is 1. The minimum atomic E-state index is -0.299. The molecule has 3 nitrogen and oxygen atoms in total. The molecule has 1 heterocycles. The molecule has 1 aliphatic heterocycles. The third-order valence-electron chi connectivity index (χ3n) is 3.47. The number of nitrogens with one attached hydrogen (secondary N) is 1. The van der Waals surface area contributed by atoms with Gasteiger partial charge in [-0.15, -0.1) is 0 Å². The molecule has 14 heavy (non-hydrogen) atoms. The van der Waals surface area contributed by atoms with Crippen LogP contribution in [0, 0.1) is 10.8 Å². The van der Waals surface area contributed by atoms with Crippen LogP contribution in [0.3, 0.4) is 0 Å². The zero-order valence-corrected chi connectivity index (χ0v) is 9.64. The summed E-state index contributed by atoms with van der Waals surface area (Å²) in [7, 11) is 1.48. The lowest BCUT2D eigenvalue weighted by atomic mass is 9.61. The lowest BCUT2D eigenvalue weighted by molar-refractivity contribution is -0.163. The third-order valence-corrected chi connectivity index (χ3v) is 3.47. The van der Waals surface area contributed by atoms with Crippen LogP contribution in [0.4, 0.5) is 0 Å². The molecule has 82 valence electrons. The lowest BCUT2D eigenvalue weighted by Crippen LogP contribution is -2.50. The summed E-state index contributed by atoms with van der Waals surface area (Å²) in [6.45, 7) is 8.18. The third kappa shape index (κ3) is 1.78. The molecule has 0 spiro atoms. The molecule has 0 bridgehead atoms. The Hall–Kier alpha value is -0.570. The average Bonchev–Trinajstić information content (AvgIpc) is 2.16. The number of rotatable bonds is 1. The number of hydrogen-bond donors (Lipinski definition) is 1. The van der Waals surface area contributed by atoms with Crippen molar-refractivity contribution in [2.75, 3.05) is 20.2 Å². The molecule has 0 aromatic heterocycles. The Morgan fingerprint density at radius 1 is 1.29 bits per heavy atom. The fourth-order valence-electron chi connectivity index (χ4n) is 2.31. The van der Waals surface area contributed by atoms with Gasteiger partial charge in [0.2, 0.25) is 0 Å². The molecule has 1 saturated heterocycles. The Kier molecular flexibility index (Phi) is 3.20. The van der Waals surface area contributed by atoms with Crippen molar-refractivity contribution < 1.29 is 9.53 Å². The zero-order chi connectivity index (χ0) is 10.8. The summed E-state index contributed by atoms with van der Waals surface area (Å²) in [6.07, 6.45) is 1.76. The number of ether oxygens (including phenoxy) is 1. The van der Waals surface area contributed by atoms with Crippen LogP contribution in [0.1, 0.15) is 33.6 Å². The van der Waals surface area contributed by atoms with Crippen LogP contribution in [0.25, 0.3) is 0 Å². The first kappa shape index (κ1) is 11.5. The summed E-state index contributed by atoms with van der Waals surface area (Å²) in [4.78, 5) is 11.9. The van der Waals surface area contributed by atoms with E-state index in [-0.39, 0.29) is 16.8 Å². The summed E-state index contributed by atoms with van der Waals surface area (Å²) in [5.41, 5.74) is -0.324. The Bertz CT molecular complexity index is 212. The van der Waals surface area contributed by atoms with E-state index in [9.17, 15) is 4.79 Å². The van der Waals surface area contributed by atoms with Crippen LogP contribution in [-0.2, 0) is 9.53 Å². The summed E-state index contributed by atoms with van der Waals surface area (Å²) in [5.74, 6) is -0.0495. The van der Waals surface area contributed by atoms with Crippen molar-refractivity contribution in [1.82, 2.24) is 5.32 Å². The van der Waals surface area contributed by atoms with Crippen molar-refractivity contribution in [3.05, 3.63) is 0 Å². The van der Waals surface area contributed by atoms with E-state index in [1.165, 1.54) is 7.11 Å². The Balaban J connectivity index is 2.94. The van der Waals surface area contributed by atoms with Crippen LogP contribution in [0.5, 0.6) is 0 Å². The van der Waals surface area contributed by atoms with Gasteiger partial charge in [-0.2, -0.15) is 0 Å². The maximum Gasteiger partial charge on any atom is 0.312 e. The van der Waals surface area contributed by atoms with E-state index in [0.717, 1.165) is 25.9 Å². The molecule has 0 amide bonds. The Morgan fingerprint density at radius 3 is 2.14 bits per heavy atom. The van der Waals surface area contributed by atoms with Crippen molar-refractivity contribution in [3.63, 3.8) is 0 Å². The maximum absolute atomic E-state index is 11.9. The van der Waals surface area contributed by atoms with Crippen molar-refractivity contribution >= 4 is 5.97 Å². The Labute approximate surface area is 86.2 Å². The van der Waals surface area contributed by atoms with Gasteiger partial charge in [0.25, 0.3) is 0 Å². The SMILES string of the molecule is COC(=O)C1(C(C)(C)C)CCNCC1. The zero-order valence-electron chi connectivity index (χ0n) is 9.64. The first-order chi connectivity index (χ1) is 6.44. The highest BCUT2D eigenvalue weighted by Gasteiger charge is 2.49. The quantitative estimate of drug-likeness (QED) is 0.651. The number of piperidine rings is 1. The minimum absolute atomic E-state index is 0.0256. The average molecular weight is 199 g/mol. The standard InChI is InChI=1S/C11H21NO2/c1-10(2,3)11(9(13)14-4)5-7-12-8-6-11/h12H,5-8H2,1-4H3. The normalized spacial score (nSPS) is 21.7. The minimum Gasteiger partial charge on any atom is -0.469 e. The van der Waals surface area contributed by atoms with Crippen molar-refractivity contribution in [2.45, 2.75) is 33.6 Å². The van der Waals surface area contributed by atoms with Crippen LogP contribution < -0.4 is 5.32 Å². The molecule has 1 aliphatic rings. The van der Waals surface area contributed by atoms with Crippen molar-refractivity contribution in [2.24, 2.45) is 10.8 Å². The van der Waals surface area contributed by atoms with E-state index in [2.05, 4.69) is 26.1 Å². The molecule has 0 aromatic carbocycles. The molecule has 0 atom stereocenters. The molecule has 0 aliphatic carbocycles. The van der Waals surface area contributed by atoms with Crippen LogP contribution >= 0.6 is 0 Å². The van der Waals surface area contributed by atoms with E-state index < -0.39 is 0 Å². The van der Waals surface area contributed by atoms with Gasteiger partial charge in [-0.3, -0.25) is 4.79 Å². The van der Waals surface area contributed by atoms with Crippen molar-refractivity contribution in [3.8, 4) is 0 Å². The second kappa shape index (κ2) is 3.89. The second-order valence-corrected chi connectivity index (χ2v) is 5.07. The number of hydrogen-bond acceptors (Lipinski definition) is 3. The largest absolute Gasteiger partial charge is 0.469 e. The molecule has 0 saturated carbocycles. The van der Waals surface area contributed by atoms with E-state index in [4.69, 9.17) is 4.74 Å². The molecular weight excluding hydrogens is 178 g/mol. The molecule has 0 unspecified atom stereocenters. The van der Waals surface area contributed by atoms with Gasteiger partial charge < -0.3 is 10.1 Å². The topological polar surface area (TPSA) is 38.3 Å². The van der Waals surface area contributed by atoms with E-state index in [0.29, 0.717) is 0 Å². The highest BCUT2D eigenvalue weighted by molar-refractivity contribution is 5.77. The van der Waals surface area contributed by atoms with E-state index in [1.54, 1.807) is 0 Å². The number of esters is 1. The molecule has 1 rings (SSSR count). The smallest absolute Gasteiger partial charge is 0.312 e. The monoisotopic (exact) mass is 199 g/mol.